The van der Waals surface area contributed by atoms with Crippen LogP contribution in [0.3, 0.4) is 0 Å². The molecule has 1 aliphatic rings. The van der Waals surface area contributed by atoms with E-state index in [1.807, 2.05) is 26.8 Å². The average molecular weight is 340 g/mol. The Bertz CT molecular complexity index is 786. The smallest absolute Gasteiger partial charge is 0.251 e. The van der Waals surface area contributed by atoms with Crippen LogP contribution in [0.2, 0.25) is 0 Å². The number of aromatic amines is 1. The Kier molecular flexibility index (Phi) is 4.88. The summed E-state index contributed by atoms with van der Waals surface area (Å²) in [6.45, 7) is 6.40. The van der Waals surface area contributed by atoms with Crippen molar-refractivity contribution in [3.63, 3.8) is 0 Å². The second kappa shape index (κ2) is 7.09. The minimum Gasteiger partial charge on any atom is -0.352 e. The highest BCUT2D eigenvalue weighted by atomic mass is 16.2. The SMILES string of the molecule is Cc1ccc(C(=O)NCCc2c(C)n[nH]c2C)cc1NC(=O)C1CC1. The second-order valence-electron chi connectivity index (χ2n) is 6.71. The Morgan fingerprint density at radius 3 is 2.64 bits per heavy atom. The molecule has 0 saturated heterocycles. The fraction of sp³-hybridized carbons (Fsp3) is 0.421. The number of anilines is 1. The van der Waals surface area contributed by atoms with Crippen LogP contribution in [-0.2, 0) is 11.2 Å². The second-order valence-corrected chi connectivity index (χ2v) is 6.71. The zero-order valence-electron chi connectivity index (χ0n) is 14.9. The molecule has 3 rings (SSSR count). The summed E-state index contributed by atoms with van der Waals surface area (Å²) in [5, 5.41) is 13.0. The Morgan fingerprint density at radius 2 is 2.00 bits per heavy atom. The van der Waals surface area contributed by atoms with Gasteiger partial charge in [0, 0.05) is 29.4 Å². The monoisotopic (exact) mass is 340 g/mol. The molecule has 1 heterocycles. The van der Waals surface area contributed by atoms with Crippen LogP contribution >= 0.6 is 0 Å². The number of nitrogens with one attached hydrogen (secondary N) is 3. The maximum Gasteiger partial charge on any atom is 0.251 e. The first-order valence-corrected chi connectivity index (χ1v) is 8.66. The van der Waals surface area contributed by atoms with Crippen molar-refractivity contribution in [1.82, 2.24) is 15.5 Å². The van der Waals surface area contributed by atoms with Crippen LogP contribution in [0.5, 0.6) is 0 Å². The van der Waals surface area contributed by atoms with Gasteiger partial charge in [0.15, 0.2) is 0 Å². The first kappa shape index (κ1) is 17.2. The van der Waals surface area contributed by atoms with Gasteiger partial charge in [-0.25, -0.2) is 0 Å². The molecule has 1 aliphatic carbocycles. The molecule has 132 valence electrons. The normalized spacial score (nSPS) is 13.6. The van der Waals surface area contributed by atoms with Crippen molar-refractivity contribution in [1.29, 1.82) is 0 Å². The van der Waals surface area contributed by atoms with E-state index in [-0.39, 0.29) is 17.7 Å². The predicted molar refractivity (Wildman–Crippen MR) is 96.6 cm³/mol. The molecule has 0 aliphatic heterocycles. The summed E-state index contributed by atoms with van der Waals surface area (Å²) < 4.78 is 0. The summed E-state index contributed by atoms with van der Waals surface area (Å²) in [6, 6.07) is 5.40. The molecule has 2 amide bonds. The molecule has 0 bridgehead atoms. The van der Waals surface area contributed by atoms with Crippen LogP contribution < -0.4 is 10.6 Å². The molecule has 2 aromatic rings. The number of aromatic nitrogens is 2. The number of rotatable bonds is 6. The largest absolute Gasteiger partial charge is 0.352 e. The number of nitrogens with zero attached hydrogens (tertiary/aromatic N) is 1. The van der Waals surface area contributed by atoms with E-state index in [1.165, 1.54) is 0 Å². The molecule has 6 nitrogen and oxygen atoms in total. The third kappa shape index (κ3) is 4.07. The summed E-state index contributed by atoms with van der Waals surface area (Å²) in [5.41, 5.74) is 5.36. The van der Waals surface area contributed by atoms with Gasteiger partial charge in [-0.3, -0.25) is 14.7 Å². The van der Waals surface area contributed by atoms with E-state index >= 15 is 0 Å². The number of aryl methyl sites for hydroxylation is 3. The first-order chi connectivity index (χ1) is 12.0. The van der Waals surface area contributed by atoms with Gasteiger partial charge in [-0.1, -0.05) is 6.07 Å². The first-order valence-electron chi connectivity index (χ1n) is 8.66. The van der Waals surface area contributed by atoms with E-state index in [0.717, 1.165) is 41.8 Å². The molecule has 1 aromatic carbocycles. The van der Waals surface area contributed by atoms with E-state index in [4.69, 9.17) is 0 Å². The quantitative estimate of drug-likeness (QED) is 0.755. The highest BCUT2D eigenvalue weighted by molar-refractivity contribution is 5.98. The van der Waals surface area contributed by atoms with Crippen molar-refractivity contribution in [3.05, 3.63) is 46.3 Å². The van der Waals surface area contributed by atoms with E-state index in [0.29, 0.717) is 17.8 Å². The standard InChI is InChI=1S/C19H24N4O2/c1-11-4-5-15(10-17(11)21-19(25)14-6-7-14)18(24)20-9-8-16-12(2)22-23-13(16)3/h4-5,10,14H,6-9H2,1-3H3,(H,20,24)(H,21,25)(H,22,23). The number of hydrogen-bond acceptors (Lipinski definition) is 3. The number of carbonyl (C=O) groups excluding carboxylic acids is 2. The van der Waals surface area contributed by atoms with Gasteiger partial charge in [-0.05, 0) is 63.3 Å². The minimum absolute atomic E-state index is 0.0477. The van der Waals surface area contributed by atoms with E-state index in [2.05, 4.69) is 20.8 Å². The molecule has 0 atom stereocenters. The number of hydrogen-bond donors (Lipinski definition) is 3. The molecule has 0 radical (unpaired) electrons. The summed E-state index contributed by atoms with van der Waals surface area (Å²) >= 11 is 0. The zero-order valence-corrected chi connectivity index (χ0v) is 14.9. The van der Waals surface area contributed by atoms with Gasteiger partial charge >= 0.3 is 0 Å². The lowest BCUT2D eigenvalue weighted by Gasteiger charge is -2.11. The molecule has 1 aromatic heterocycles. The molecule has 3 N–H and O–H groups in total. The fourth-order valence-corrected chi connectivity index (χ4v) is 2.82. The van der Waals surface area contributed by atoms with Crippen molar-refractivity contribution in [2.45, 2.75) is 40.0 Å². The van der Waals surface area contributed by atoms with Gasteiger partial charge in [0.25, 0.3) is 5.91 Å². The fourth-order valence-electron chi connectivity index (χ4n) is 2.82. The maximum atomic E-state index is 12.4. The molecular weight excluding hydrogens is 316 g/mol. The van der Waals surface area contributed by atoms with Crippen LogP contribution in [0.25, 0.3) is 0 Å². The Hall–Kier alpha value is -2.63. The lowest BCUT2D eigenvalue weighted by atomic mass is 10.1. The molecule has 25 heavy (non-hydrogen) atoms. The van der Waals surface area contributed by atoms with Crippen LogP contribution in [0.1, 0.15) is 45.7 Å². The van der Waals surface area contributed by atoms with Gasteiger partial charge in [0.05, 0.1) is 5.69 Å². The van der Waals surface area contributed by atoms with Crippen molar-refractivity contribution in [2.75, 3.05) is 11.9 Å². The van der Waals surface area contributed by atoms with E-state index in [1.54, 1.807) is 12.1 Å². The van der Waals surface area contributed by atoms with Gasteiger partial charge in [0.2, 0.25) is 5.91 Å². The number of carbonyl (C=O) groups is 2. The highest BCUT2D eigenvalue weighted by Crippen LogP contribution is 2.30. The van der Waals surface area contributed by atoms with Gasteiger partial charge in [0.1, 0.15) is 0 Å². The van der Waals surface area contributed by atoms with Crippen molar-refractivity contribution in [2.24, 2.45) is 5.92 Å². The van der Waals surface area contributed by atoms with Gasteiger partial charge in [-0.15, -0.1) is 0 Å². The number of benzene rings is 1. The Balaban J connectivity index is 1.60. The predicted octanol–water partition coefficient (Wildman–Crippen LogP) is 2.66. The van der Waals surface area contributed by atoms with Gasteiger partial charge in [-0.2, -0.15) is 5.10 Å². The van der Waals surface area contributed by atoms with Crippen molar-refractivity contribution in [3.8, 4) is 0 Å². The minimum atomic E-state index is -0.138. The molecular formula is C19H24N4O2. The van der Waals surface area contributed by atoms with Crippen LogP contribution in [-0.4, -0.2) is 28.6 Å². The molecule has 0 spiro atoms. The Labute approximate surface area is 147 Å². The van der Waals surface area contributed by atoms with Crippen molar-refractivity contribution >= 4 is 17.5 Å². The summed E-state index contributed by atoms with van der Waals surface area (Å²) in [6.07, 6.45) is 2.65. The zero-order chi connectivity index (χ0) is 18.0. The van der Waals surface area contributed by atoms with Crippen LogP contribution in [0, 0.1) is 26.7 Å². The van der Waals surface area contributed by atoms with Gasteiger partial charge < -0.3 is 10.6 Å². The summed E-state index contributed by atoms with van der Waals surface area (Å²) in [7, 11) is 0. The summed E-state index contributed by atoms with van der Waals surface area (Å²) in [5.74, 6) is 0.0469. The van der Waals surface area contributed by atoms with Crippen LogP contribution in [0.15, 0.2) is 18.2 Å². The van der Waals surface area contributed by atoms with E-state index < -0.39 is 0 Å². The van der Waals surface area contributed by atoms with Crippen molar-refractivity contribution < 1.29 is 9.59 Å². The lowest BCUT2D eigenvalue weighted by molar-refractivity contribution is -0.117. The van der Waals surface area contributed by atoms with E-state index in [9.17, 15) is 9.59 Å². The lowest BCUT2D eigenvalue weighted by Crippen LogP contribution is -2.26. The molecule has 6 heteroatoms. The highest BCUT2D eigenvalue weighted by Gasteiger charge is 2.29. The third-order valence-electron chi connectivity index (χ3n) is 4.65. The number of H-pyrrole nitrogens is 1. The maximum absolute atomic E-state index is 12.4. The third-order valence-corrected chi connectivity index (χ3v) is 4.65. The average Bonchev–Trinajstić information content (AvgIpc) is 3.38. The topological polar surface area (TPSA) is 86.9 Å². The molecule has 1 saturated carbocycles. The Morgan fingerprint density at radius 1 is 1.24 bits per heavy atom. The number of amides is 2. The molecule has 1 fully saturated rings. The molecule has 0 unspecified atom stereocenters. The summed E-state index contributed by atoms with van der Waals surface area (Å²) in [4.78, 5) is 24.3. The van der Waals surface area contributed by atoms with Crippen LogP contribution in [0.4, 0.5) is 5.69 Å².